The molecule has 0 unspecified atom stereocenters. The first-order chi connectivity index (χ1) is 15.5. The van der Waals surface area contributed by atoms with Crippen molar-refractivity contribution in [2.45, 2.75) is 11.0 Å². The molecule has 1 saturated heterocycles. The van der Waals surface area contributed by atoms with Gasteiger partial charge in [0.25, 0.3) is 0 Å². The maximum absolute atomic E-state index is 13.1. The smallest absolute Gasteiger partial charge is 0.243 e. The molecule has 0 aromatic heterocycles. The van der Waals surface area contributed by atoms with Crippen molar-refractivity contribution in [3.05, 3.63) is 102 Å². The number of hydrogen-bond acceptors (Lipinski definition) is 4. The van der Waals surface area contributed by atoms with E-state index in [-0.39, 0.29) is 11.0 Å². The lowest BCUT2D eigenvalue weighted by molar-refractivity contribution is 0.0527. The van der Waals surface area contributed by atoms with Gasteiger partial charge in [-0.05, 0) is 35.4 Å². The first-order valence-electron chi connectivity index (χ1n) is 10.7. The molecule has 1 aliphatic heterocycles. The van der Waals surface area contributed by atoms with Crippen LogP contribution in [0.15, 0.2) is 89.8 Å². The fraction of sp³-hybridized carbons (Fsp3) is 0.280. The van der Waals surface area contributed by atoms with Crippen LogP contribution >= 0.6 is 0 Å². The third kappa shape index (κ3) is 5.42. The van der Waals surface area contributed by atoms with E-state index in [1.165, 1.54) is 28.6 Å². The normalized spacial score (nSPS) is 15.8. The van der Waals surface area contributed by atoms with E-state index in [1.807, 2.05) is 36.4 Å². The van der Waals surface area contributed by atoms with Crippen LogP contribution in [0.5, 0.6) is 0 Å². The van der Waals surface area contributed by atoms with Gasteiger partial charge >= 0.3 is 0 Å². The molecule has 0 bridgehead atoms. The molecule has 1 fully saturated rings. The number of ether oxygens (including phenoxy) is 1. The second-order valence-corrected chi connectivity index (χ2v) is 9.71. The molecule has 168 valence electrons. The molecule has 32 heavy (non-hydrogen) atoms. The zero-order valence-corrected chi connectivity index (χ0v) is 18.6. The van der Waals surface area contributed by atoms with Gasteiger partial charge in [-0.2, -0.15) is 4.31 Å². The molecule has 0 N–H and O–H groups in total. The molecule has 0 amide bonds. The van der Waals surface area contributed by atoms with Crippen LogP contribution in [0.3, 0.4) is 0 Å². The molecule has 0 saturated carbocycles. The summed E-state index contributed by atoms with van der Waals surface area (Å²) in [6.07, 6.45) is -0.141. The second kappa shape index (κ2) is 10.4. The zero-order valence-electron chi connectivity index (χ0n) is 17.8. The average Bonchev–Trinajstić information content (AvgIpc) is 2.83. The summed E-state index contributed by atoms with van der Waals surface area (Å²) < 4.78 is 46.4. The molecule has 3 aromatic rings. The van der Waals surface area contributed by atoms with Crippen molar-refractivity contribution in [3.8, 4) is 0 Å². The summed E-state index contributed by atoms with van der Waals surface area (Å²) in [5, 5.41) is 0. The Morgan fingerprint density at radius 2 is 1.31 bits per heavy atom. The van der Waals surface area contributed by atoms with Gasteiger partial charge in [0.1, 0.15) is 11.9 Å². The quantitative estimate of drug-likeness (QED) is 0.517. The summed E-state index contributed by atoms with van der Waals surface area (Å²) >= 11 is 0. The third-order valence-corrected chi connectivity index (χ3v) is 7.59. The van der Waals surface area contributed by atoms with Gasteiger partial charge < -0.3 is 4.74 Å². The maximum atomic E-state index is 13.1. The van der Waals surface area contributed by atoms with Crippen molar-refractivity contribution in [3.63, 3.8) is 0 Å². The van der Waals surface area contributed by atoms with Crippen LogP contribution in [0, 0.1) is 5.82 Å². The van der Waals surface area contributed by atoms with E-state index in [0.717, 1.165) is 17.7 Å². The maximum Gasteiger partial charge on any atom is 0.243 e. The number of rotatable bonds is 8. The summed E-state index contributed by atoms with van der Waals surface area (Å²) in [7, 11) is -3.60. The molecule has 7 heteroatoms. The molecule has 3 aromatic carbocycles. The Morgan fingerprint density at radius 1 is 0.781 bits per heavy atom. The first-order valence-corrected chi connectivity index (χ1v) is 12.2. The summed E-state index contributed by atoms with van der Waals surface area (Å²) in [5.41, 5.74) is 2.21. The molecule has 1 heterocycles. The van der Waals surface area contributed by atoms with E-state index in [2.05, 4.69) is 29.2 Å². The molecule has 0 atom stereocenters. The highest BCUT2D eigenvalue weighted by Gasteiger charge is 2.28. The minimum Gasteiger partial charge on any atom is -0.367 e. The number of piperazine rings is 1. The SMILES string of the molecule is O=S(=O)(c1ccc(F)cc1)N1CCN(CCOC(c2ccccc2)c2ccccc2)CC1. The third-order valence-electron chi connectivity index (χ3n) is 5.68. The Kier molecular flexibility index (Phi) is 7.32. The summed E-state index contributed by atoms with van der Waals surface area (Å²) in [5.74, 6) is -0.446. The van der Waals surface area contributed by atoms with Gasteiger partial charge in [-0.3, -0.25) is 4.90 Å². The number of sulfonamides is 1. The lowest BCUT2D eigenvalue weighted by atomic mass is 10.0. The Labute approximate surface area is 189 Å². The van der Waals surface area contributed by atoms with Crippen LogP contribution in [0.25, 0.3) is 0 Å². The minimum absolute atomic E-state index is 0.129. The van der Waals surface area contributed by atoms with Crippen LogP contribution in [-0.4, -0.2) is 57.0 Å². The number of benzene rings is 3. The number of nitrogens with zero attached hydrogens (tertiary/aromatic N) is 2. The van der Waals surface area contributed by atoms with E-state index in [9.17, 15) is 12.8 Å². The van der Waals surface area contributed by atoms with E-state index in [4.69, 9.17) is 4.74 Å². The highest BCUT2D eigenvalue weighted by atomic mass is 32.2. The summed E-state index contributed by atoms with van der Waals surface area (Å²) in [4.78, 5) is 2.34. The highest BCUT2D eigenvalue weighted by molar-refractivity contribution is 7.89. The zero-order chi connectivity index (χ0) is 22.4. The molecule has 0 spiro atoms. The van der Waals surface area contributed by atoms with Gasteiger partial charge in [0, 0.05) is 32.7 Å². The lowest BCUT2D eigenvalue weighted by Gasteiger charge is -2.34. The van der Waals surface area contributed by atoms with Gasteiger partial charge in [0.15, 0.2) is 0 Å². The Hall–Kier alpha value is -2.58. The second-order valence-electron chi connectivity index (χ2n) is 7.77. The Balaban J connectivity index is 1.32. The van der Waals surface area contributed by atoms with Crippen molar-refractivity contribution >= 4 is 10.0 Å². The van der Waals surface area contributed by atoms with E-state index in [0.29, 0.717) is 32.8 Å². The van der Waals surface area contributed by atoms with Crippen LogP contribution in [0.1, 0.15) is 17.2 Å². The standard InChI is InChI=1S/C25H27FN2O3S/c26-23-11-13-24(14-12-23)32(29,30)28-17-15-27(16-18-28)19-20-31-25(21-7-3-1-4-8-21)22-9-5-2-6-10-22/h1-14,25H,15-20H2. The largest absolute Gasteiger partial charge is 0.367 e. The topological polar surface area (TPSA) is 49.9 Å². The van der Waals surface area contributed by atoms with Gasteiger partial charge in [-0.1, -0.05) is 60.7 Å². The van der Waals surface area contributed by atoms with Crippen molar-refractivity contribution < 1.29 is 17.5 Å². The molecule has 5 nitrogen and oxygen atoms in total. The fourth-order valence-corrected chi connectivity index (χ4v) is 5.31. The molecular weight excluding hydrogens is 427 g/mol. The van der Waals surface area contributed by atoms with Crippen LogP contribution in [0.2, 0.25) is 0 Å². The molecule has 1 aliphatic rings. The molecule has 0 radical (unpaired) electrons. The van der Waals surface area contributed by atoms with Crippen LogP contribution < -0.4 is 0 Å². The minimum atomic E-state index is -3.60. The fourth-order valence-electron chi connectivity index (χ4n) is 3.89. The van der Waals surface area contributed by atoms with Gasteiger partial charge in [0.2, 0.25) is 10.0 Å². The van der Waals surface area contributed by atoms with E-state index < -0.39 is 15.8 Å². The first kappa shape index (κ1) is 22.6. The summed E-state index contributed by atoms with van der Waals surface area (Å²) in [6.45, 7) is 3.33. The number of hydrogen-bond donors (Lipinski definition) is 0. The molecule has 4 rings (SSSR count). The van der Waals surface area contributed by atoms with Gasteiger partial charge in [-0.15, -0.1) is 0 Å². The highest BCUT2D eigenvalue weighted by Crippen LogP contribution is 2.26. The van der Waals surface area contributed by atoms with Gasteiger partial charge in [-0.25, -0.2) is 12.8 Å². The van der Waals surface area contributed by atoms with Crippen LogP contribution in [-0.2, 0) is 14.8 Å². The van der Waals surface area contributed by atoms with Crippen molar-refractivity contribution in [1.29, 1.82) is 0 Å². The summed E-state index contributed by atoms with van der Waals surface area (Å²) in [6, 6.07) is 25.3. The Bertz CT molecular complexity index is 1050. The van der Waals surface area contributed by atoms with Gasteiger partial charge in [0.05, 0.1) is 11.5 Å². The van der Waals surface area contributed by atoms with Crippen molar-refractivity contribution in [1.82, 2.24) is 9.21 Å². The molecular formula is C25H27FN2O3S. The van der Waals surface area contributed by atoms with Crippen LogP contribution in [0.4, 0.5) is 4.39 Å². The van der Waals surface area contributed by atoms with Crippen molar-refractivity contribution in [2.24, 2.45) is 0 Å². The Morgan fingerprint density at radius 3 is 1.84 bits per heavy atom. The predicted octanol–water partition coefficient (Wildman–Crippen LogP) is 3.94. The number of halogens is 1. The molecule has 0 aliphatic carbocycles. The van der Waals surface area contributed by atoms with E-state index >= 15 is 0 Å². The van der Waals surface area contributed by atoms with E-state index in [1.54, 1.807) is 0 Å². The average molecular weight is 455 g/mol. The monoisotopic (exact) mass is 454 g/mol. The van der Waals surface area contributed by atoms with Crippen molar-refractivity contribution in [2.75, 3.05) is 39.3 Å². The predicted molar refractivity (Wildman–Crippen MR) is 122 cm³/mol. The lowest BCUT2D eigenvalue weighted by Crippen LogP contribution is -2.49.